The first-order valence-corrected chi connectivity index (χ1v) is 7.08. The molecule has 3 nitrogen and oxygen atoms in total. The van der Waals surface area contributed by atoms with Crippen LogP contribution in [0.15, 0.2) is 24.3 Å². The van der Waals surface area contributed by atoms with E-state index >= 15 is 0 Å². The van der Waals surface area contributed by atoms with Gasteiger partial charge in [0, 0.05) is 18.0 Å². The molecule has 2 aromatic rings. The summed E-state index contributed by atoms with van der Waals surface area (Å²) >= 11 is 0. The molecule has 0 amide bonds. The van der Waals surface area contributed by atoms with E-state index in [0.717, 1.165) is 24.0 Å². The minimum atomic E-state index is 0.840. The lowest BCUT2D eigenvalue weighted by Crippen LogP contribution is -2.30. The van der Waals surface area contributed by atoms with Gasteiger partial charge < -0.3 is 0 Å². The molecule has 94 valence electrons. The maximum Gasteiger partial charge on any atom is 0.0924 e. The molecular formula is C15H19N3. The molecule has 1 aliphatic carbocycles. The average Bonchev–Trinajstić information content (AvgIpc) is 3.01. The fourth-order valence-corrected chi connectivity index (χ4v) is 3.40. The van der Waals surface area contributed by atoms with Crippen molar-refractivity contribution in [1.29, 1.82) is 0 Å². The molecule has 1 aliphatic heterocycles. The number of hydrogen-bond acceptors (Lipinski definition) is 2. The van der Waals surface area contributed by atoms with Gasteiger partial charge in [-0.1, -0.05) is 18.2 Å². The van der Waals surface area contributed by atoms with Crippen LogP contribution in [0.2, 0.25) is 0 Å². The zero-order chi connectivity index (χ0) is 11.9. The second-order valence-corrected chi connectivity index (χ2v) is 5.74. The molecule has 1 saturated carbocycles. The summed E-state index contributed by atoms with van der Waals surface area (Å²) in [5.74, 6) is 0.988. The molecule has 3 heteroatoms. The van der Waals surface area contributed by atoms with Gasteiger partial charge in [0.2, 0.25) is 0 Å². The standard InChI is InChI=1S/C15H19N3/c1-2-5-13-12(4-1)14(17-16-13)10-18-9-3-6-15(18)11-7-8-11/h1-2,4-5,11,15H,3,6-10H2,(H,16,17). The average molecular weight is 241 g/mol. The number of para-hydroxylation sites is 1. The molecule has 1 atom stereocenters. The monoisotopic (exact) mass is 241 g/mol. The van der Waals surface area contributed by atoms with Gasteiger partial charge in [0.1, 0.15) is 0 Å². The lowest BCUT2D eigenvalue weighted by molar-refractivity contribution is 0.222. The van der Waals surface area contributed by atoms with Crippen molar-refractivity contribution in [2.45, 2.75) is 38.3 Å². The molecule has 2 aliphatic rings. The van der Waals surface area contributed by atoms with Crippen LogP contribution in [0.1, 0.15) is 31.4 Å². The largest absolute Gasteiger partial charge is 0.294 e. The van der Waals surface area contributed by atoms with Crippen LogP contribution in [-0.2, 0) is 6.54 Å². The van der Waals surface area contributed by atoms with E-state index in [4.69, 9.17) is 0 Å². The van der Waals surface area contributed by atoms with Crippen molar-refractivity contribution in [1.82, 2.24) is 15.1 Å². The molecule has 1 N–H and O–H groups in total. The first-order chi connectivity index (χ1) is 8.92. The second kappa shape index (κ2) is 4.09. The molecule has 2 heterocycles. The molecule has 0 spiro atoms. The van der Waals surface area contributed by atoms with Gasteiger partial charge in [0.25, 0.3) is 0 Å². The predicted octanol–water partition coefficient (Wildman–Crippen LogP) is 2.94. The number of likely N-dealkylation sites (tertiary alicyclic amines) is 1. The normalized spacial score (nSPS) is 25.0. The van der Waals surface area contributed by atoms with Crippen LogP contribution in [0.5, 0.6) is 0 Å². The van der Waals surface area contributed by atoms with Gasteiger partial charge in [0.05, 0.1) is 11.2 Å². The van der Waals surface area contributed by atoms with Crippen molar-refractivity contribution in [3.8, 4) is 0 Å². The van der Waals surface area contributed by atoms with Crippen LogP contribution in [0.25, 0.3) is 10.9 Å². The minimum absolute atomic E-state index is 0.840. The Hall–Kier alpha value is -1.35. The van der Waals surface area contributed by atoms with E-state index < -0.39 is 0 Å². The molecule has 18 heavy (non-hydrogen) atoms. The van der Waals surface area contributed by atoms with E-state index in [9.17, 15) is 0 Å². The Morgan fingerprint density at radius 3 is 3.00 bits per heavy atom. The maximum absolute atomic E-state index is 4.39. The van der Waals surface area contributed by atoms with Crippen LogP contribution in [0, 0.1) is 5.92 Å². The summed E-state index contributed by atoms with van der Waals surface area (Å²) in [5, 5.41) is 8.91. The van der Waals surface area contributed by atoms with E-state index in [2.05, 4.69) is 39.4 Å². The minimum Gasteiger partial charge on any atom is -0.294 e. The highest BCUT2D eigenvalue weighted by molar-refractivity contribution is 5.81. The highest BCUT2D eigenvalue weighted by Gasteiger charge is 2.37. The van der Waals surface area contributed by atoms with E-state index in [-0.39, 0.29) is 0 Å². The van der Waals surface area contributed by atoms with Gasteiger partial charge in [0.15, 0.2) is 0 Å². The number of rotatable bonds is 3. The topological polar surface area (TPSA) is 31.9 Å². The Morgan fingerprint density at radius 1 is 1.22 bits per heavy atom. The number of H-pyrrole nitrogens is 1. The molecular weight excluding hydrogens is 222 g/mol. The van der Waals surface area contributed by atoms with Crippen molar-refractivity contribution >= 4 is 10.9 Å². The summed E-state index contributed by atoms with van der Waals surface area (Å²) in [6, 6.07) is 9.25. The van der Waals surface area contributed by atoms with Crippen LogP contribution >= 0.6 is 0 Å². The third kappa shape index (κ3) is 1.74. The van der Waals surface area contributed by atoms with Crippen LogP contribution in [0.4, 0.5) is 0 Å². The number of aromatic amines is 1. The Labute approximate surface area is 107 Å². The number of nitrogens with one attached hydrogen (secondary N) is 1. The Morgan fingerprint density at radius 2 is 2.11 bits per heavy atom. The highest BCUT2D eigenvalue weighted by Crippen LogP contribution is 2.40. The van der Waals surface area contributed by atoms with E-state index in [0.29, 0.717) is 0 Å². The molecule has 0 radical (unpaired) electrons. The molecule has 1 saturated heterocycles. The van der Waals surface area contributed by atoms with Gasteiger partial charge in [-0.2, -0.15) is 5.10 Å². The Balaban J connectivity index is 1.60. The summed E-state index contributed by atoms with van der Waals surface area (Å²) in [5.41, 5.74) is 2.38. The van der Waals surface area contributed by atoms with E-state index in [1.54, 1.807) is 0 Å². The number of aromatic nitrogens is 2. The lowest BCUT2D eigenvalue weighted by Gasteiger charge is -2.23. The summed E-state index contributed by atoms with van der Waals surface area (Å²) in [7, 11) is 0. The second-order valence-electron chi connectivity index (χ2n) is 5.74. The summed E-state index contributed by atoms with van der Waals surface area (Å²) < 4.78 is 0. The third-order valence-corrected chi connectivity index (χ3v) is 4.48. The van der Waals surface area contributed by atoms with E-state index in [1.807, 2.05) is 0 Å². The summed E-state index contributed by atoms with van der Waals surface area (Å²) in [4.78, 5) is 2.66. The zero-order valence-corrected chi connectivity index (χ0v) is 10.6. The lowest BCUT2D eigenvalue weighted by atomic mass is 10.1. The fraction of sp³-hybridized carbons (Fsp3) is 0.533. The molecule has 4 rings (SSSR count). The van der Waals surface area contributed by atoms with Crippen molar-refractivity contribution in [3.05, 3.63) is 30.0 Å². The molecule has 2 fully saturated rings. The van der Waals surface area contributed by atoms with Crippen LogP contribution in [0.3, 0.4) is 0 Å². The van der Waals surface area contributed by atoms with Gasteiger partial charge >= 0.3 is 0 Å². The number of benzene rings is 1. The Bertz CT molecular complexity index is 556. The summed E-state index contributed by atoms with van der Waals surface area (Å²) in [6.45, 7) is 2.30. The number of nitrogens with zero attached hydrogens (tertiary/aromatic N) is 2. The molecule has 0 bridgehead atoms. The Kier molecular flexibility index (Phi) is 2.40. The first kappa shape index (κ1) is 10.6. The van der Waals surface area contributed by atoms with Crippen LogP contribution < -0.4 is 0 Å². The zero-order valence-electron chi connectivity index (χ0n) is 10.6. The molecule has 1 aromatic heterocycles. The van der Waals surface area contributed by atoms with Gasteiger partial charge in [-0.3, -0.25) is 10.00 Å². The van der Waals surface area contributed by atoms with Crippen molar-refractivity contribution in [2.75, 3.05) is 6.54 Å². The highest BCUT2D eigenvalue weighted by atomic mass is 15.2. The van der Waals surface area contributed by atoms with Crippen LogP contribution in [-0.4, -0.2) is 27.7 Å². The maximum atomic E-state index is 4.39. The number of fused-ring (bicyclic) bond motifs is 1. The smallest absolute Gasteiger partial charge is 0.0924 e. The quantitative estimate of drug-likeness (QED) is 0.896. The molecule has 1 unspecified atom stereocenters. The van der Waals surface area contributed by atoms with Crippen molar-refractivity contribution in [3.63, 3.8) is 0 Å². The predicted molar refractivity (Wildman–Crippen MR) is 72.2 cm³/mol. The van der Waals surface area contributed by atoms with Crippen molar-refractivity contribution in [2.24, 2.45) is 5.92 Å². The van der Waals surface area contributed by atoms with Gasteiger partial charge in [-0.25, -0.2) is 0 Å². The molecule has 1 aromatic carbocycles. The number of hydrogen-bond donors (Lipinski definition) is 1. The fourth-order valence-electron chi connectivity index (χ4n) is 3.40. The SMILES string of the molecule is c1ccc2c(CN3CCCC3C3CC3)[nH]nc2c1. The van der Waals surface area contributed by atoms with Gasteiger partial charge in [-0.15, -0.1) is 0 Å². The van der Waals surface area contributed by atoms with Gasteiger partial charge in [-0.05, 0) is 44.2 Å². The first-order valence-electron chi connectivity index (χ1n) is 7.08. The van der Waals surface area contributed by atoms with E-state index in [1.165, 1.54) is 43.3 Å². The summed E-state index contributed by atoms with van der Waals surface area (Å²) in [6.07, 6.45) is 5.67. The van der Waals surface area contributed by atoms with Crippen molar-refractivity contribution < 1.29 is 0 Å². The third-order valence-electron chi connectivity index (χ3n) is 4.48.